The molecule has 3 aromatic rings. The molecule has 1 aromatic carbocycles. The van der Waals surface area contributed by atoms with E-state index in [1.807, 2.05) is 24.3 Å². The van der Waals surface area contributed by atoms with E-state index >= 15 is 0 Å². The van der Waals surface area contributed by atoms with E-state index in [4.69, 9.17) is 10.5 Å². The number of primary amides is 1. The molecule has 26 heavy (non-hydrogen) atoms. The second kappa shape index (κ2) is 7.57. The maximum absolute atomic E-state index is 11.9. The molecule has 2 N–H and O–H groups in total. The third-order valence-corrected chi connectivity index (χ3v) is 3.80. The minimum Gasteiger partial charge on any atom is -0.462 e. The van der Waals surface area contributed by atoms with Crippen LogP contribution in [-0.2, 0) is 4.74 Å². The molecule has 0 atom stereocenters. The van der Waals surface area contributed by atoms with Gasteiger partial charge in [-0.05, 0) is 54.4 Å². The molecular weight excluding hydrogens is 330 g/mol. The number of amides is 1. The van der Waals surface area contributed by atoms with Crippen LogP contribution < -0.4 is 5.73 Å². The van der Waals surface area contributed by atoms with Crippen LogP contribution in [0.2, 0.25) is 0 Å². The quantitative estimate of drug-likeness (QED) is 0.716. The molecule has 0 saturated carbocycles. The Labute approximate surface area is 150 Å². The zero-order valence-electron chi connectivity index (χ0n) is 14.2. The van der Waals surface area contributed by atoms with Gasteiger partial charge in [-0.15, -0.1) is 0 Å². The summed E-state index contributed by atoms with van der Waals surface area (Å²) in [5.41, 5.74) is 9.18. The number of nitrogens with two attached hydrogens (primary N) is 1. The van der Waals surface area contributed by atoms with Crippen molar-refractivity contribution in [1.82, 2.24) is 9.97 Å². The lowest BCUT2D eigenvalue weighted by Gasteiger charge is -2.07. The van der Waals surface area contributed by atoms with Gasteiger partial charge in [0.2, 0.25) is 5.91 Å². The molecule has 0 unspecified atom stereocenters. The van der Waals surface area contributed by atoms with E-state index < -0.39 is 11.9 Å². The molecule has 2 aromatic heterocycles. The standard InChI is InChI=1S/C20H17N3O3/c1-2-26-20(25)16-8-10-23-18(12-16)17-11-15(7-9-22-17)13-3-5-14(6-4-13)19(21)24/h3-12H,2H2,1H3,(H2,21,24). The normalized spacial score (nSPS) is 10.3. The van der Waals surface area contributed by atoms with Gasteiger partial charge < -0.3 is 10.5 Å². The van der Waals surface area contributed by atoms with E-state index in [1.165, 1.54) is 0 Å². The molecule has 1 amide bonds. The highest BCUT2D eigenvalue weighted by Gasteiger charge is 2.10. The summed E-state index contributed by atoms with van der Waals surface area (Å²) >= 11 is 0. The average molecular weight is 347 g/mol. The van der Waals surface area contributed by atoms with E-state index in [0.29, 0.717) is 29.1 Å². The summed E-state index contributed by atoms with van der Waals surface area (Å²) in [6, 6.07) is 14.0. The van der Waals surface area contributed by atoms with Crippen molar-refractivity contribution in [1.29, 1.82) is 0 Å². The highest BCUT2D eigenvalue weighted by Crippen LogP contribution is 2.24. The van der Waals surface area contributed by atoms with Crippen molar-refractivity contribution in [2.24, 2.45) is 5.73 Å². The fourth-order valence-electron chi connectivity index (χ4n) is 2.49. The second-order valence-corrected chi connectivity index (χ2v) is 5.52. The first-order chi connectivity index (χ1) is 12.6. The molecule has 130 valence electrons. The van der Waals surface area contributed by atoms with Crippen LogP contribution in [0.25, 0.3) is 22.5 Å². The van der Waals surface area contributed by atoms with E-state index in [9.17, 15) is 9.59 Å². The largest absolute Gasteiger partial charge is 0.462 e. The number of benzene rings is 1. The molecule has 0 fully saturated rings. The van der Waals surface area contributed by atoms with Gasteiger partial charge in [0.1, 0.15) is 0 Å². The number of pyridine rings is 2. The first-order valence-electron chi connectivity index (χ1n) is 8.08. The van der Waals surface area contributed by atoms with Gasteiger partial charge in [0.05, 0.1) is 23.6 Å². The Hall–Kier alpha value is -3.54. The van der Waals surface area contributed by atoms with Crippen LogP contribution in [0.4, 0.5) is 0 Å². The number of rotatable bonds is 5. The number of aromatic nitrogens is 2. The highest BCUT2D eigenvalue weighted by atomic mass is 16.5. The number of hydrogen-bond acceptors (Lipinski definition) is 5. The Morgan fingerprint density at radius 1 is 0.885 bits per heavy atom. The summed E-state index contributed by atoms with van der Waals surface area (Å²) in [5, 5.41) is 0. The number of esters is 1. The van der Waals surface area contributed by atoms with Crippen LogP contribution in [0, 0.1) is 0 Å². The zero-order valence-corrected chi connectivity index (χ0v) is 14.2. The van der Waals surface area contributed by atoms with Gasteiger partial charge in [-0.3, -0.25) is 14.8 Å². The molecule has 3 rings (SSSR count). The molecule has 6 nitrogen and oxygen atoms in total. The maximum Gasteiger partial charge on any atom is 0.338 e. The molecule has 6 heteroatoms. The van der Waals surface area contributed by atoms with Crippen molar-refractivity contribution in [3.63, 3.8) is 0 Å². The molecular formula is C20H17N3O3. The van der Waals surface area contributed by atoms with Gasteiger partial charge >= 0.3 is 5.97 Å². The van der Waals surface area contributed by atoms with Crippen molar-refractivity contribution in [2.75, 3.05) is 6.61 Å². The number of carbonyl (C=O) groups is 2. The summed E-state index contributed by atoms with van der Waals surface area (Å²) < 4.78 is 5.02. The lowest BCUT2D eigenvalue weighted by Crippen LogP contribution is -2.10. The van der Waals surface area contributed by atoms with Gasteiger partial charge in [-0.1, -0.05) is 12.1 Å². The van der Waals surface area contributed by atoms with Crippen LogP contribution in [0.3, 0.4) is 0 Å². The number of nitrogens with zero attached hydrogens (tertiary/aromatic N) is 2. The lowest BCUT2D eigenvalue weighted by atomic mass is 10.0. The van der Waals surface area contributed by atoms with Gasteiger partial charge in [0.15, 0.2) is 0 Å². The average Bonchev–Trinajstić information content (AvgIpc) is 2.68. The molecule has 0 saturated heterocycles. The fourth-order valence-corrected chi connectivity index (χ4v) is 2.49. The molecule has 0 aliphatic rings. The maximum atomic E-state index is 11.9. The van der Waals surface area contributed by atoms with E-state index in [1.54, 1.807) is 43.6 Å². The van der Waals surface area contributed by atoms with Crippen molar-refractivity contribution < 1.29 is 14.3 Å². The van der Waals surface area contributed by atoms with Crippen LogP contribution in [0.15, 0.2) is 60.9 Å². The second-order valence-electron chi connectivity index (χ2n) is 5.52. The first-order valence-corrected chi connectivity index (χ1v) is 8.08. The van der Waals surface area contributed by atoms with E-state index in [0.717, 1.165) is 11.1 Å². The molecule has 0 aliphatic carbocycles. The summed E-state index contributed by atoms with van der Waals surface area (Å²) in [6.45, 7) is 2.07. The van der Waals surface area contributed by atoms with Crippen molar-refractivity contribution >= 4 is 11.9 Å². The molecule has 0 radical (unpaired) electrons. The van der Waals surface area contributed by atoms with Crippen LogP contribution in [0.5, 0.6) is 0 Å². The predicted octanol–water partition coefficient (Wildman–Crippen LogP) is 3.09. The van der Waals surface area contributed by atoms with E-state index in [-0.39, 0.29) is 0 Å². The predicted molar refractivity (Wildman–Crippen MR) is 97.4 cm³/mol. The first kappa shape index (κ1) is 17.3. The highest BCUT2D eigenvalue weighted by molar-refractivity contribution is 5.93. The van der Waals surface area contributed by atoms with E-state index in [2.05, 4.69) is 9.97 Å². The Morgan fingerprint density at radius 3 is 2.19 bits per heavy atom. The van der Waals surface area contributed by atoms with Gasteiger partial charge in [-0.25, -0.2) is 4.79 Å². The molecule has 0 bridgehead atoms. The Morgan fingerprint density at radius 2 is 1.54 bits per heavy atom. The summed E-state index contributed by atoms with van der Waals surface area (Å²) in [6.07, 6.45) is 3.23. The molecule has 0 aliphatic heterocycles. The topological polar surface area (TPSA) is 95.2 Å². The number of hydrogen-bond donors (Lipinski definition) is 1. The third-order valence-electron chi connectivity index (χ3n) is 3.80. The SMILES string of the molecule is CCOC(=O)c1ccnc(-c2cc(-c3ccc(C(N)=O)cc3)ccn2)c1. The van der Waals surface area contributed by atoms with Gasteiger partial charge in [0, 0.05) is 18.0 Å². The Bertz CT molecular complexity index is 953. The third kappa shape index (κ3) is 3.75. The summed E-state index contributed by atoms with van der Waals surface area (Å²) in [4.78, 5) is 31.7. The zero-order chi connectivity index (χ0) is 18.5. The molecule has 2 heterocycles. The Kier molecular flexibility index (Phi) is 5.03. The van der Waals surface area contributed by atoms with Crippen molar-refractivity contribution in [2.45, 2.75) is 6.92 Å². The summed E-state index contributed by atoms with van der Waals surface area (Å²) in [5.74, 6) is -0.860. The fraction of sp³-hybridized carbons (Fsp3) is 0.100. The molecule has 0 spiro atoms. The van der Waals surface area contributed by atoms with Crippen LogP contribution in [-0.4, -0.2) is 28.5 Å². The number of carbonyl (C=O) groups excluding carboxylic acids is 2. The summed E-state index contributed by atoms with van der Waals surface area (Å²) in [7, 11) is 0. The van der Waals surface area contributed by atoms with Crippen molar-refractivity contribution in [3.05, 3.63) is 72.1 Å². The number of ether oxygens (including phenoxy) is 1. The van der Waals surface area contributed by atoms with Gasteiger partial charge in [-0.2, -0.15) is 0 Å². The van der Waals surface area contributed by atoms with Gasteiger partial charge in [0.25, 0.3) is 0 Å². The Balaban J connectivity index is 1.93. The monoisotopic (exact) mass is 347 g/mol. The minimum atomic E-state index is -0.466. The lowest BCUT2D eigenvalue weighted by molar-refractivity contribution is 0.0526. The van der Waals surface area contributed by atoms with Crippen LogP contribution in [0.1, 0.15) is 27.6 Å². The van der Waals surface area contributed by atoms with Crippen LogP contribution >= 0.6 is 0 Å². The van der Waals surface area contributed by atoms with Crippen molar-refractivity contribution in [3.8, 4) is 22.5 Å². The minimum absolute atomic E-state index is 0.311. The smallest absolute Gasteiger partial charge is 0.338 e.